The fourth-order valence-electron chi connectivity index (χ4n) is 2.41. The van der Waals surface area contributed by atoms with Crippen LogP contribution >= 0.6 is 24.0 Å². The first-order valence-corrected chi connectivity index (χ1v) is 7.97. The summed E-state index contributed by atoms with van der Waals surface area (Å²) in [5.41, 5.74) is 0.971. The molecule has 0 amide bonds. The van der Waals surface area contributed by atoms with Crippen LogP contribution in [0, 0.1) is 11.6 Å². The largest absolute Gasteiger partial charge is 0.490 e. The molecule has 0 aromatic heterocycles. The molecule has 0 spiro atoms. The average molecular weight is 475 g/mol. The van der Waals surface area contributed by atoms with Crippen molar-refractivity contribution in [3.8, 4) is 11.5 Å². The molecule has 0 radical (unpaired) electrons. The Morgan fingerprint density at radius 1 is 1.08 bits per heavy atom. The lowest BCUT2D eigenvalue weighted by molar-refractivity contribution is 0.297. The van der Waals surface area contributed by atoms with Crippen molar-refractivity contribution in [2.75, 3.05) is 25.6 Å². The maximum Gasteiger partial charge on any atom is 0.195 e. The summed E-state index contributed by atoms with van der Waals surface area (Å²) in [7, 11) is 1.60. The monoisotopic (exact) mass is 475 g/mol. The van der Waals surface area contributed by atoms with Crippen LogP contribution < -0.4 is 20.1 Å². The van der Waals surface area contributed by atoms with Gasteiger partial charge in [-0.05, 0) is 30.3 Å². The second kappa shape index (κ2) is 9.56. The number of benzene rings is 2. The van der Waals surface area contributed by atoms with Gasteiger partial charge in [0.2, 0.25) is 0 Å². The van der Waals surface area contributed by atoms with Crippen LogP contribution in [0.5, 0.6) is 11.5 Å². The molecule has 0 fully saturated rings. The second-order valence-corrected chi connectivity index (χ2v) is 5.50. The van der Waals surface area contributed by atoms with Gasteiger partial charge in [-0.3, -0.25) is 4.99 Å². The zero-order valence-electron chi connectivity index (χ0n) is 14.2. The molecule has 0 aliphatic carbocycles. The van der Waals surface area contributed by atoms with Gasteiger partial charge in [-0.15, -0.1) is 24.0 Å². The quantitative estimate of drug-likeness (QED) is 0.402. The number of aliphatic imine (C=N–C) groups is 1. The predicted octanol–water partition coefficient (Wildman–Crippen LogP) is 3.93. The zero-order valence-corrected chi connectivity index (χ0v) is 16.6. The van der Waals surface area contributed by atoms with Gasteiger partial charge in [0.05, 0.1) is 13.2 Å². The Labute approximate surface area is 167 Å². The van der Waals surface area contributed by atoms with Crippen LogP contribution in [-0.2, 0) is 6.54 Å². The van der Waals surface area contributed by atoms with Crippen molar-refractivity contribution < 1.29 is 18.3 Å². The topological polar surface area (TPSA) is 54.9 Å². The van der Waals surface area contributed by atoms with Crippen LogP contribution in [0.2, 0.25) is 0 Å². The maximum atomic E-state index is 13.7. The molecule has 1 aliphatic heterocycles. The van der Waals surface area contributed by atoms with Gasteiger partial charge in [0.1, 0.15) is 11.6 Å². The highest BCUT2D eigenvalue weighted by Gasteiger charge is 2.11. The molecule has 8 heteroatoms. The number of anilines is 1. The van der Waals surface area contributed by atoms with E-state index in [1.165, 1.54) is 0 Å². The van der Waals surface area contributed by atoms with Gasteiger partial charge >= 0.3 is 0 Å². The number of nitrogens with zero attached hydrogens (tertiary/aromatic N) is 1. The molecule has 2 N–H and O–H groups in total. The van der Waals surface area contributed by atoms with Crippen LogP contribution in [-0.4, -0.2) is 26.2 Å². The van der Waals surface area contributed by atoms with E-state index < -0.39 is 11.6 Å². The van der Waals surface area contributed by atoms with E-state index in [0.717, 1.165) is 30.3 Å². The number of guanidine groups is 1. The third kappa shape index (κ3) is 5.20. The molecule has 140 valence electrons. The number of hydrogen-bond donors (Lipinski definition) is 2. The molecule has 0 saturated carbocycles. The molecule has 3 rings (SSSR count). The normalized spacial score (nSPS) is 13.4. The Morgan fingerprint density at radius 3 is 2.62 bits per heavy atom. The molecule has 0 unspecified atom stereocenters. The minimum atomic E-state index is -0.482. The summed E-state index contributed by atoms with van der Waals surface area (Å²) >= 11 is 0. The van der Waals surface area contributed by atoms with Gasteiger partial charge < -0.3 is 20.1 Å². The van der Waals surface area contributed by atoms with Crippen molar-refractivity contribution in [2.24, 2.45) is 4.99 Å². The van der Waals surface area contributed by atoms with Gasteiger partial charge in [-0.2, -0.15) is 0 Å². The van der Waals surface area contributed by atoms with E-state index in [4.69, 9.17) is 9.47 Å². The number of ether oxygens (including phenoxy) is 2. The average Bonchev–Trinajstić information content (AvgIpc) is 2.86. The Balaban J connectivity index is 0.00000243. The molecule has 0 saturated heterocycles. The van der Waals surface area contributed by atoms with Gasteiger partial charge in [0, 0.05) is 37.3 Å². The van der Waals surface area contributed by atoms with E-state index in [0.29, 0.717) is 30.7 Å². The minimum absolute atomic E-state index is 0. The van der Waals surface area contributed by atoms with Crippen LogP contribution in [0.3, 0.4) is 0 Å². The highest BCUT2D eigenvalue weighted by molar-refractivity contribution is 14.0. The van der Waals surface area contributed by atoms with Gasteiger partial charge in [0.25, 0.3) is 0 Å². The molecule has 1 heterocycles. The Morgan fingerprint density at radius 2 is 1.85 bits per heavy atom. The van der Waals surface area contributed by atoms with Crippen molar-refractivity contribution in [3.05, 3.63) is 53.6 Å². The lowest BCUT2D eigenvalue weighted by Gasteiger charge is -2.14. The first-order chi connectivity index (χ1) is 12.2. The zero-order chi connectivity index (χ0) is 17.6. The van der Waals surface area contributed by atoms with Crippen molar-refractivity contribution in [2.45, 2.75) is 13.0 Å². The molecule has 1 aliphatic rings. The number of rotatable bonds is 3. The fraction of sp³-hybridized carbons (Fsp3) is 0.278. The van der Waals surface area contributed by atoms with Crippen molar-refractivity contribution in [3.63, 3.8) is 0 Å². The van der Waals surface area contributed by atoms with Crippen LogP contribution in [0.15, 0.2) is 41.4 Å². The number of halogens is 3. The molecular weight excluding hydrogens is 455 g/mol. The van der Waals surface area contributed by atoms with E-state index in [9.17, 15) is 8.78 Å². The maximum absolute atomic E-state index is 13.7. The van der Waals surface area contributed by atoms with Gasteiger partial charge in [-0.1, -0.05) is 0 Å². The smallest absolute Gasteiger partial charge is 0.195 e. The summed E-state index contributed by atoms with van der Waals surface area (Å²) in [5, 5.41) is 6.05. The minimum Gasteiger partial charge on any atom is -0.490 e. The van der Waals surface area contributed by atoms with Gasteiger partial charge in [0.15, 0.2) is 17.5 Å². The first kappa shape index (κ1) is 20.2. The summed E-state index contributed by atoms with van der Waals surface area (Å²) in [5.74, 6) is 0.837. The van der Waals surface area contributed by atoms with Gasteiger partial charge in [-0.25, -0.2) is 8.78 Å². The van der Waals surface area contributed by atoms with E-state index >= 15 is 0 Å². The Hall–Kier alpha value is -2.10. The first-order valence-electron chi connectivity index (χ1n) is 7.97. The van der Waals surface area contributed by atoms with Crippen molar-refractivity contribution in [1.82, 2.24) is 5.32 Å². The SMILES string of the molecule is CN=C(NCc1cc(F)ccc1F)Nc1ccc2c(c1)OCCCO2.I. The third-order valence-electron chi connectivity index (χ3n) is 3.69. The summed E-state index contributed by atoms with van der Waals surface area (Å²) < 4.78 is 38.1. The molecule has 5 nitrogen and oxygen atoms in total. The number of fused-ring (bicyclic) bond motifs is 1. The van der Waals surface area contributed by atoms with E-state index in [1.54, 1.807) is 7.05 Å². The Bertz CT molecular complexity index is 787. The molecule has 26 heavy (non-hydrogen) atoms. The van der Waals surface area contributed by atoms with Crippen LogP contribution in [0.4, 0.5) is 14.5 Å². The Kier molecular flexibility index (Phi) is 7.43. The van der Waals surface area contributed by atoms with E-state index in [1.807, 2.05) is 18.2 Å². The summed E-state index contributed by atoms with van der Waals surface area (Å²) in [6.45, 7) is 1.33. The third-order valence-corrected chi connectivity index (χ3v) is 3.69. The summed E-state index contributed by atoms with van der Waals surface area (Å²) in [6.07, 6.45) is 0.833. The van der Waals surface area contributed by atoms with Crippen LogP contribution in [0.1, 0.15) is 12.0 Å². The van der Waals surface area contributed by atoms with E-state index in [2.05, 4.69) is 15.6 Å². The van der Waals surface area contributed by atoms with Crippen LogP contribution in [0.25, 0.3) is 0 Å². The molecule has 2 aromatic carbocycles. The second-order valence-electron chi connectivity index (χ2n) is 5.50. The molecule has 2 aromatic rings. The number of hydrogen-bond acceptors (Lipinski definition) is 3. The fourth-order valence-corrected chi connectivity index (χ4v) is 2.41. The van der Waals surface area contributed by atoms with Crippen molar-refractivity contribution in [1.29, 1.82) is 0 Å². The lowest BCUT2D eigenvalue weighted by atomic mass is 10.2. The summed E-state index contributed by atoms with van der Waals surface area (Å²) in [6, 6.07) is 8.82. The summed E-state index contributed by atoms with van der Waals surface area (Å²) in [4.78, 5) is 4.09. The number of nitrogens with one attached hydrogen (secondary N) is 2. The molecular formula is C18H20F2IN3O2. The molecule has 0 bridgehead atoms. The standard InChI is InChI=1S/C18H19F2N3O2.HI/c1-21-18(22-11-12-9-13(19)3-5-15(12)20)23-14-4-6-16-17(10-14)25-8-2-7-24-16;/h3-6,9-10H,2,7-8,11H2,1H3,(H2,21,22,23);1H. The van der Waals surface area contributed by atoms with E-state index in [-0.39, 0.29) is 36.1 Å². The highest BCUT2D eigenvalue weighted by atomic mass is 127. The lowest BCUT2D eigenvalue weighted by Crippen LogP contribution is -2.30. The highest BCUT2D eigenvalue weighted by Crippen LogP contribution is 2.32. The molecule has 0 atom stereocenters. The van der Waals surface area contributed by atoms with Crippen molar-refractivity contribution >= 4 is 35.6 Å². The predicted molar refractivity (Wildman–Crippen MR) is 108 cm³/mol.